The van der Waals surface area contributed by atoms with E-state index < -0.39 is 0 Å². The average molecular weight is 283 g/mol. The highest BCUT2D eigenvalue weighted by molar-refractivity contribution is 6.00. The number of rotatable bonds is 3. The Bertz CT molecular complexity index is 703. The first-order chi connectivity index (χ1) is 10.2. The van der Waals surface area contributed by atoms with Crippen molar-refractivity contribution in [2.24, 2.45) is 28.6 Å². The number of benzene rings is 1. The van der Waals surface area contributed by atoms with Crippen molar-refractivity contribution >= 4 is 16.7 Å². The number of amidine groups is 1. The Balaban J connectivity index is 1.65. The maximum atomic E-state index is 8.84. The molecule has 1 heterocycles. The second-order valence-corrected chi connectivity index (χ2v) is 6.66. The summed E-state index contributed by atoms with van der Waals surface area (Å²) in [5.74, 6) is 2.91. The fourth-order valence-corrected chi connectivity index (χ4v) is 4.41. The van der Waals surface area contributed by atoms with Crippen LogP contribution in [0.5, 0.6) is 0 Å². The van der Waals surface area contributed by atoms with Gasteiger partial charge in [-0.2, -0.15) is 0 Å². The predicted octanol–water partition coefficient (Wildman–Crippen LogP) is 3.17. The quantitative estimate of drug-likeness (QED) is 0.393. The first-order valence-corrected chi connectivity index (χ1v) is 7.81. The van der Waals surface area contributed by atoms with Gasteiger partial charge in [-0.1, -0.05) is 23.7 Å². The van der Waals surface area contributed by atoms with Crippen LogP contribution in [0.15, 0.2) is 35.6 Å². The second-order valence-electron chi connectivity index (χ2n) is 6.66. The Morgan fingerprint density at radius 1 is 1.29 bits per heavy atom. The molecule has 2 bridgehead atoms. The molecule has 0 saturated heterocycles. The van der Waals surface area contributed by atoms with Crippen molar-refractivity contribution in [2.75, 3.05) is 0 Å². The summed E-state index contributed by atoms with van der Waals surface area (Å²) in [6.45, 7) is 1.10. The monoisotopic (exact) mass is 283 g/mol. The van der Waals surface area contributed by atoms with Gasteiger partial charge in [0.1, 0.15) is 0 Å². The number of aromatic nitrogens is 1. The number of hydrogen-bond acceptors (Lipinski definition) is 2. The van der Waals surface area contributed by atoms with Crippen LogP contribution in [0.25, 0.3) is 10.9 Å². The Kier molecular flexibility index (Phi) is 2.91. The van der Waals surface area contributed by atoms with Crippen LogP contribution in [0.2, 0.25) is 0 Å². The zero-order valence-corrected chi connectivity index (χ0v) is 12.1. The highest BCUT2D eigenvalue weighted by atomic mass is 16.4. The maximum absolute atomic E-state index is 8.84. The molecule has 2 saturated carbocycles. The minimum atomic E-state index is 0.171. The molecule has 2 fully saturated rings. The predicted molar refractivity (Wildman–Crippen MR) is 83.4 cm³/mol. The molecule has 3 N–H and O–H groups in total. The van der Waals surface area contributed by atoms with Crippen LogP contribution in [0.3, 0.4) is 0 Å². The molecule has 0 aliphatic heterocycles. The van der Waals surface area contributed by atoms with Crippen molar-refractivity contribution < 1.29 is 5.21 Å². The Morgan fingerprint density at radius 3 is 2.90 bits per heavy atom. The van der Waals surface area contributed by atoms with E-state index in [1.807, 2.05) is 18.2 Å². The van der Waals surface area contributed by atoms with Gasteiger partial charge in [0, 0.05) is 23.8 Å². The van der Waals surface area contributed by atoms with Crippen LogP contribution < -0.4 is 5.73 Å². The zero-order chi connectivity index (χ0) is 14.4. The normalized spacial score (nSPS) is 28.6. The third-order valence-electron chi connectivity index (χ3n) is 5.49. The summed E-state index contributed by atoms with van der Waals surface area (Å²) in [5.41, 5.74) is 7.67. The smallest absolute Gasteiger partial charge is 0.170 e. The molecular weight excluding hydrogens is 262 g/mol. The van der Waals surface area contributed by atoms with Crippen molar-refractivity contribution in [1.29, 1.82) is 0 Å². The summed E-state index contributed by atoms with van der Waals surface area (Å²) in [4.78, 5) is 0. The van der Waals surface area contributed by atoms with Gasteiger partial charge in [-0.25, -0.2) is 0 Å². The molecule has 4 heteroatoms. The number of nitrogens with zero attached hydrogens (tertiary/aromatic N) is 2. The van der Waals surface area contributed by atoms with Crippen LogP contribution in [-0.2, 0) is 6.54 Å². The zero-order valence-electron chi connectivity index (χ0n) is 12.1. The summed E-state index contributed by atoms with van der Waals surface area (Å²) in [7, 11) is 0. The Morgan fingerprint density at radius 2 is 2.19 bits per heavy atom. The Labute approximate surface area is 124 Å². The van der Waals surface area contributed by atoms with Crippen LogP contribution in [0, 0.1) is 17.8 Å². The van der Waals surface area contributed by atoms with Gasteiger partial charge in [-0.3, -0.25) is 0 Å². The van der Waals surface area contributed by atoms with Crippen molar-refractivity contribution in [3.8, 4) is 0 Å². The number of fused-ring (bicyclic) bond motifs is 3. The second kappa shape index (κ2) is 4.79. The third kappa shape index (κ3) is 2.09. The van der Waals surface area contributed by atoms with E-state index in [9.17, 15) is 0 Å². The molecule has 2 aromatic rings. The molecule has 110 valence electrons. The molecule has 2 aliphatic rings. The first kappa shape index (κ1) is 12.7. The van der Waals surface area contributed by atoms with Crippen LogP contribution in [-0.4, -0.2) is 15.6 Å². The summed E-state index contributed by atoms with van der Waals surface area (Å²) < 4.78 is 2.34. The topological polar surface area (TPSA) is 63.5 Å². The van der Waals surface area contributed by atoms with Crippen molar-refractivity contribution in [2.45, 2.75) is 32.2 Å². The van der Waals surface area contributed by atoms with Gasteiger partial charge in [0.15, 0.2) is 5.84 Å². The molecule has 0 amide bonds. The average Bonchev–Trinajstić information content (AvgIpc) is 3.22. The van der Waals surface area contributed by atoms with E-state index in [-0.39, 0.29) is 5.84 Å². The van der Waals surface area contributed by atoms with E-state index >= 15 is 0 Å². The van der Waals surface area contributed by atoms with Crippen molar-refractivity contribution in [3.63, 3.8) is 0 Å². The van der Waals surface area contributed by atoms with Gasteiger partial charge in [0.05, 0.1) is 0 Å². The lowest BCUT2D eigenvalue weighted by molar-refractivity contribution is 0.299. The molecule has 0 radical (unpaired) electrons. The van der Waals surface area contributed by atoms with Gasteiger partial charge >= 0.3 is 0 Å². The summed E-state index contributed by atoms with van der Waals surface area (Å²) >= 11 is 0. The van der Waals surface area contributed by atoms with Gasteiger partial charge in [-0.05, 0) is 54.5 Å². The molecule has 21 heavy (non-hydrogen) atoms. The van der Waals surface area contributed by atoms with E-state index in [0.717, 1.165) is 29.9 Å². The van der Waals surface area contributed by atoms with Crippen LogP contribution in [0.4, 0.5) is 0 Å². The van der Waals surface area contributed by atoms with E-state index in [0.29, 0.717) is 0 Å². The largest absolute Gasteiger partial charge is 0.409 e. The van der Waals surface area contributed by atoms with Crippen molar-refractivity contribution in [3.05, 3.63) is 36.0 Å². The van der Waals surface area contributed by atoms with Crippen molar-refractivity contribution in [1.82, 2.24) is 4.57 Å². The van der Waals surface area contributed by atoms with Gasteiger partial charge in [0.25, 0.3) is 0 Å². The summed E-state index contributed by atoms with van der Waals surface area (Å²) in [6.07, 6.45) is 7.88. The summed E-state index contributed by atoms with van der Waals surface area (Å²) in [5, 5.41) is 13.2. The standard InChI is InChI=1S/C17H21N3O/c18-17(19-21)14-4-3-12-5-6-20(16(12)9-14)10-15-8-11-1-2-13(15)7-11/h3-6,9,11,13,15,21H,1-2,7-8,10H2,(H2,18,19). The highest BCUT2D eigenvalue weighted by Crippen LogP contribution is 2.49. The third-order valence-corrected chi connectivity index (χ3v) is 5.49. The molecule has 1 aromatic heterocycles. The lowest BCUT2D eigenvalue weighted by atomic mass is 9.89. The maximum Gasteiger partial charge on any atom is 0.170 e. The lowest BCUT2D eigenvalue weighted by Crippen LogP contribution is -2.17. The fourth-order valence-electron chi connectivity index (χ4n) is 4.41. The minimum absolute atomic E-state index is 0.171. The van der Waals surface area contributed by atoms with Crippen LogP contribution in [0.1, 0.15) is 31.2 Å². The molecule has 3 atom stereocenters. The number of hydrogen-bond donors (Lipinski definition) is 2. The lowest BCUT2D eigenvalue weighted by Gasteiger charge is -2.22. The number of nitrogens with two attached hydrogens (primary N) is 1. The van der Waals surface area contributed by atoms with E-state index in [1.165, 1.54) is 36.6 Å². The van der Waals surface area contributed by atoms with Gasteiger partial charge in [-0.15, -0.1) is 0 Å². The molecule has 4 rings (SSSR count). The van der Waals surface area contributed by atoms with Gasteiger partial charge in [0.2, 0.25) is 0 Å². The molecule has 3 unspecified atom stereocenters. The highest BCUT2D eigenvalue weighted by Gasteiger charge is 2.39. The Hall–Kier alpha value is -1.97. The number of oxime groups is 1. The van der Waals surface area contributed by atoms with Crippen LogP contribution >= 0.6 is 0 Å². The molecule has 1 aromatic carbocycles. The molecule has 0 spiro atoms. The molecular formula is C17H21N3O. The molecule has 4 nitrogen and oxygen atoms in total. The minimum Gasteiger partial charge on any atom is -0.409 e. The van der Waals surface area contributed by atoms with E-state index in [2.05, 4.69) is 22.0 Å². The van der Waals surface area contributed by atoms with Gasteiger partial charge < -0.3 is 15.5 Å². The fraction of sp³-hybridized carbons (Fsp3) is 0.471. The van der Waals surface area contributed by atoms with E-state index in [1.54, 1.807) is 0 Å². The van der Waals surface area contributed by atoms with E-state index in [4.69, 9.17) is 10.9 Å². The SMILES string of the molecule is N/C(=N/O)c1ccc2ccn(CC3CC4CCC3C4)c2c1. The summed E-state index contributed by atoms with van der Waals surface area (Å²) in [6, 6.07) is 8.12. The molecule has 2 aliphatic carbocycles. The first-order valence-electron chi connectivity index (χ1n) is 7.81.